The maximum atomic E-state index is 13.6. The van der Waals surface area contributed by atoms with E-state index in [1.807, 2.05) is 17.6 Å². The van der Waals surface area contributed by atoms with Gasteiger partial charge in [-0.3, -0.25) is 23.6 Å². The van der Waals surface area contributed by atoms with Crippen LogP contribution in [-0.2, 0) is 25.5 Å². The van der Waals surface area contributed by atoms with Crippen LogP contribution in [0, 0.1) is 11.3 Å². The van der Waals surface area contributed by atoms with Gasteiger partial charge in [0.1, 0.15) is 5.69 Å². The molecule has 0 aliphatic carbocycles. The van der Waals surface area contributed by atoms with Crippen molar-refractivity contribution in [2.75, 3.05) is 46.5 Å². The first-order valence-corrected chi connectivity index (χ1v) is 16.2. The highest BCUT2D eigenvalue weighted by molar-refractivity contribution is 7.15. The molecule has 4 heterocycles. The SMILES string of the molecule is CCOC(=O)C1(CCC(C)C)CNC(=O)CCCN(C(=O)c2cn3ccsc3n2)CCNC(=O)COc2ccc(cc2OC)C1. The van der Waals surface area contributed by atoms with Gasteiger partial charge in [-0.05, 0) is 56.2 Å². The molecular formula is C32H43N5O7S. The maximum Gasteiger partial charge on any atom is 0.314 e. The van der Waals surface area contributed by atoms with Gasteiger partial charge in [0.05, 0.1) is 19.1 Å². The number of benzene rings is 1. The van der Waals surface area contributed by atoms with Gasteiger partial charge in [-0.15, -0.1) is 11.3 Å². The summed E-state index contributed by atoms with van der Waals surface area (Å²) in [6.45, 7) is 6.70. The lowest BCUT2D eigenvalue weighted by molar-refractivity contribution is -0.156. The molecule has 0 radical (unpaired) electrons. The van der Waals surface area contributed by atoms with Crippen LogP contribution in [-0.4, -0.2) is 84.5 Å². The van der Waals surface area contributed by atoms with Crippen molar-refractivity contribution in [1.29, 1.82) is 0 Å². The van der Waals surface area contributed by atoms with Crippen molar-refractivity contribution in [1.82, 2.24) is 24.9 Å². The zero-order chi connectivity index (χ0) is 32.4. The molecule has 13 heteroatoms. The van der Waals surface area contributed by atoms with E-state index < -0.39 is 5.41 Å². The number of hydrogen-bond donors (Lipinski definition) is 2. The Morgan fingerprint density at radius 2 is 2.00 bits per heavy atom. The monoisotopic (exact) mass is 641 g/mol. The first kappa shape index (κ1) is 33.8. The Balaban J connectivity index is 1.60. The van der Waals surface area contributed by atoms with Crippen molar-refractivity contribution in [2.45, 2.75) is 52.9 Å². The average Bonchev–Trinajstić information content (AvgIpc) is 3.63. The van der Waals surface area contributed by atoms with E-state index >= 15 is 0 Å². The van der Waals surface area contributed by atoms with Crippen LogP contribution in [0.4, 0.5) is 0 Å². The number of fused-ring (bicyclic) bond motifs is 17. The molecule has 1 aromatic carbocycles. The highest BCUT2D eigenvalue weighted by Gasteiger charge is 2.40. The summed E-state index contributed by atoms with van der Waals surface area (Å²) in [7, 11) is 1.51. The Morgan fingerprint density at radius 1 is 1.18 bits per heavy atom. The zero-order valence-electron chi connectivity index (χ0n) is 26.4. The third-order valence-electron chi connectivity index (χ3n) is 7.80. The molecule has 2 bridgehead atoms. The summed E-state index contributed by atoms with van der Waals surface area (Å²) in [6.07, 6.45) is 5.60. The van der Waals surface area contributed by atoms with Crippen LogP contribution >= 0.6 is 11.3 Å². The number of carbonyl (C=O) groups is 4. The average molecular weight is 642 g/mol. The summed E-state index contributed by atoms with van der Waals surface area (Å²) in [5.41, 5.74) is 0.0854. The summed E-state index contributed by atoms with van der Waals surface area (Å²) in [5.74, 6) is -0.121. The number of imidazole rings is 1. The van der Waals surface area contributed by atoms with Crippen molar-refractivity contribution >= 4 is 40.0 Å². The minimum atomic E-state index is -1.01. The molecule has 5 rings (SSSR count). The lowest BCUT2D eigenvalue weighted by atomic mass is 9.76. The van der Waals surface area contributed by atoms with Gasteiger partial charge in [0.2, 0.25) is 5.91 Å². The summed E-state index contributed by atoms with van der Waals surface area (Å²) in [6, 6.07) is 5.33. The maximum absolute atomic E-state index is 13.6. The Labute approximate surface area is 267 Å². The quantitative estimate of drug-likeness (QED) is 0.295. The number of rotatable bonds is 7. The number of thiazole rings is 1. The molecule has 0 saturated carbocycles. The Bertz CT molecular complexity index is 1460. The molecule has 45 heavy (non-hydrogen) atoms. The van der Waals surface area contributed by atoms with Gasteiger partial charge in [-0.25, -0.2) is 4.98 Å². The fourth-order valence-corrected chi connectivity index (χ4v) is 5.99. The van der Waals surface area contributed by atoms with E-state index in [-0.39, 0.29) is 69.5 Å². The first-order chi connectivity index (χ1) is 21.6. The molecule has 3 aromatic rings. The fraction of sp³-hybridized carbons (Fsp3) is 0.531. The van der Waals surface area contributed by atoms with Gasteiger partial charge in [-0.2, -0.15) is 0 Å². The normalized spacial score (nSPS) is 18.8. The predicted molar refractivity (Wildman–Crippen MR) is 170 cm³/mol. The molecule has 0 spiro atoms. The van der Waals surface area contributed by atoms with E-state index in [0.717, 1.165) is 12.0 Å². The first-order valence-electron chi connectivity index (χ1n) is 15.4. The number of amides is 3. The third-order valence-corrected chi connectivity index (χ3v) is 8.57. The van der Waals surface area contributed by atoms with Gasteiger partial charge >= 0.3 is 5.97 Å². The molecule has 2 aliphatic rings. The Kier molecular flexibility index (Phi) is 11.8. The number of hydrogen-bond acceptors (Lipinski definition) is 9. The standard InChI is InChI=1S/C32H43N5O7S/c1-5-43-30(41)32(11-10-22(2)3)18-23-8-9-25(26(17-23)42-4)44-20-28(39)33-12-14-36(13-6-7-27(38)34-21-32)29(40)24-19-37-15-16-45-31(37)35-24/h8-9,15-17,19,22H,5-7,10-14,18,20-21H2,1-4H3,(H,33,39)(H,34,38). The summed E-state index contributed by atoms with van der Waals surface area (Å²) in [5, 5.41) is 7.68. The smallest absolute Gasteiger partial charge is 0.314 e. The van der Waals surface area contributed by atoms with Crippen LogP contribution < -0.4 is 20.1 Å². The van der Waals surface area contributed by atoms with Crippen LogP contribution in [0.5, 0.6) is 11.5 Å². The van der Waals surface area contributed by atoms with E-state index in [1.165, 1.54) is 18.4 Å². The second-order valence-corrected chi connectivity index (χ2v) is 12.5. The van der Waals surface area contributed by atoms with Crippen molar-refractivity contribution in [2.24, 2.45) is 11.3 Å². The lowest BCUT2D eigenvalue weighted by Crippen LogP contribution is -2.46. The molecule has 3 amide bonds. The van der Waals surface area contributed by atoms with Crippen molar-refractivity contribution in [3.63, 3.8) is 0 Å². The van der Waals surface area contributed by atoms with E-state index in [0.29, 0.717) is 47.3 Å². The Hall–Kier alpha value is -4.13. The van der Waals surface area contributed by atoms with Gasteiger partial charge in [0.15, 0.2) is 23.1 Å². The summed E-state index contributed by atoms with van der Waals surface area (Å²) >= 11 is 1.42. The second-order valence-electron chi connectivity index (χ2n) is 11.6. The number of methoxy groups -OCH3 is 1. The van der Waals surface area contributed by atoms with E-state index in [1.54, 1.807) is 34.6 Å². The molecule has 0 saturated heterocycles. The topological polar surface area (TPSA) is 141 Å². The molecule has 2 N–H and O–H groups in total. The van der Waals surface area contributed by atoms with Gasteiger partial charge in [0.25, 0.3) is 11.8 Å². The zero-order valence-corrected chi connectivity index (χ0v) is 27.2. The van der Waals surface area contributed by atoms with Gasteiger partial charge in [0, 0.05) is 50.4 Å². The number of nitrogens with one attached hydrogen (secondary N) is 2. The number of ether oxygens (including phenoxy) is 3. The highest BCUT2D eigenvalue weighted by Crippen LogP contribution is 2.35. The summed E-state index contributed by atoms with van der Waals surface area (Å²) in [4.78, 5) is 59.5. The molecule has 12 nitrogen and oxygen atoms in total. The molecule has 1 atom stereocenters. The third kappa shape index (κ3) is 8.96. The largest absolute Gasteiger partial charge is 0.493 e. The van der Waals surface area contributed by atoms with Gasteiger partial charge < -0.3 is 29.7 Å². The molecule has 2 aliphatic heterocycles. The Morgan fingerprint density at radius 3 is 2.73 bits per heavy atom. The van der Waals surface area contributed by atoms with E-state index in [2.05, 4.69) is 29.5 Å². The molecule has 1 unspecified atom stereocenters. The highest BCUT2D eigenvalue weighted by atomic mass is 32.1. The van der Waals surface area contributed by atoms with Crippen LogP contribution in [0.1, 0.15) is 62.5 Å². The number of nitrogens with zero attached hydrogens (tertiary/aromatic N) is 3. The summed E-state index contributed by atoms with van der Waals surface area (Å²) < 4.78 is 18.7. The van der Waals surface area contributed by atoms with Crippen LogP contribution in [0.15, 0.2) is 36.0 Å². The van der Waals surface area contributed by atoms with E-state index in [9.17, 15) is 19.2 Å². The van der Waals surface area contributed by atoms with Crippen molar-refractivity contribution in [3.8, 4) is 11.5 Å². The fourth-order valence-electron chi connectivity index (χ4n) is 5.29. The number of aromatic nitrogens is 2. The predicted octanol–water partition coefficient (Wildman–Crippen LogP) is 3.48. The number of esters is 1. The molecular weight excluding hydrogens is 598 g/mol. The van der Waals surface area contributed by atoms with Gasteiger partial charge in [-0.1, -0.05) is 19.9 Å². The van der Waals surface area contributed by atoms with Crippen LogP contribution in [0.25, 0.3) is 4.96 Å². The van der Waals surface area contributed by atoms with Crippen molar-refractivity contribution < 1.29 is 33.4 Å². The van der Waals surface area contributed by atoms with Crippen LogP contribution in [0.3, 0.4) is 0 Å². The van der Waals surface area contributed by atoms with E-state index in [4.69, 9.17) is 14.2 Å². The lowest BCUT2D eigenvalue weighted by Gasteiger charge is -2.33. The van der Waals surface area contributed by atoms with Crippen molar-refractivity contribution in [3.05, 3.63) is 47.2 Å². The minimum absolute atomic E-state index is 0.102. The number of carbonyl (C=O) groups excluding carboxylic acids is 4. The minimum Gasteiger partial charge on any atom is -0.493 e. The van der Waals surface area contributed by atoms with Crippen LogP contribution in [0.2, 0.25) is 0 Å². The second kappa shape index (κ2) is 15.7. The molecule has 244 valence electrons. The molecule has 2 aromatic heterocycles. The molecule has 0 fully saturated rings.